The van der Waals surface area contributed by atoms with Gasteiger partial charge in [0.15, 0.2) is 0 Å². The van der Waals surface area contributed by atoms with E-state index in [1.165, 1.54) is 0 Å². The Kier molecular flexibility index (Phi) is 9.38. The van der Waals surface area contributed by atoms with Crippen LogP contribution in [-0.4, -0.2) is 33.5 Å². The minimum absolute atomic E-state index is 0. The summed E-state index contributed by atoms with van der Waals surface area (Å²) in [6.07, 6.45) is 0.598. The average Bonchev–Trinajstić information content (AvgIpc) is 2.43. The molecule has 0 unspecified atom stereocenters. The SMILES string of the molecule is Cc1ccc(S(=O)(=O)NCCNC(=O)[C@@H](N)CC(C)C)cc1.Cl. The van der Waals surface area contributed by atoms with E-state index in [0.29, 0.717) is 12.3 Å². The maximum atomic E-state index is 12.0. The molecule has 0 aliphatic rings. The van der Waals surface area contributed by atoms with Crippen LogP contribution >= 0.6 is 12.4 Å². The predicted molar refractivity (Wildman–Crippen MR) is 94.1 cm³/mol. The summed E-state index contributed by atoms with van der Waals surface area (Å²) in [5.74, 6) is 0.0732. The van der Waals surface area contributed by atoms with Crippen molar-refractivity contribution >= 4 is 28.3 Å². The molecular formula is C15H26ClN3O3S. The van der Waals surface area contributed by atoms with Gasteiger partial charge in [-0.25, -0.2) is 13.1 Å². The highest BCUT2D eigenvalue weighted by Gasteiger charge is 2.15. The molecule has 0 bridgehead atoms. The van der Waals surface area contributed by atoms with Crippen molar-refractivity contribution in [3.8, 4) is 0 Å². The number of aryl methyl sites for hydroxylation is 1. The minimum atomic E-state index is -3.55. The third-order valence-electron chi connectivity index (χ3n) is 3.11. The second kappa shape index (κ2) is 9.87. The van der Waals surface area contributed by atoms with Gasteiger partial charge in [0, 0.05) is 13.1 Å². The Morgan fingerprint density at radius 3 is 2.26 bits per heavy atom. The summed E-state index contributed by atoms with van der Waals surface area (Å²) in [6, 6.07) is 6.01. The van der Waals surface area contributed by atoms with E-state index in [9.17, 15) is 13.2 Å². The van der Waals surface area contributed by atoms with E-state index < -0.39 is 16.1 Å². The Morgan fingerprint density at radius 2 is 1.74 bits per heavy atom. The molecule has 0 heterocycles. The molecule has 1 atom stereocenters. The van der Waals surface area contributed by atoms with Crippen LogP contribution in [0.2, 0.25) is 0 Å². The Bertz CT molecular complexity index is 588. The Hall–Kier alpha value is -1.15. The molecule has 0 radical (unpaired) electrons. The summed E-state index contributed by atoms with van der Waals surface area (Å²) >= 11 is 0. The van der Waals surface area contributed by atoms with Crippen molar-refractivity contribution in [3.05, 3.63) is 29.8 Å². The van der Waals surface area contributed by atoms with Crippen molar-refractivity contribution in [3.63, 3.8) is 0 Å². The molecule has 0 saturated carbocycles. The number of nitrogens with one attached hydrogen (secondary N) is 2. The van der Waals surface area contributed by atoms with Gasteiger partial charge in [0.25, 0.3) is 0 Å². The topological polar surface area (TPSA) is 101 Å². The number of benzene rings is 1. The normalized spacial score (nSPS) is 12.6. The van der Waals surface area contributed by atoms with Crippen LogP contribution in [0.1, 0.15) is 25.8 Å². The Labute approximate surface area is 144 Å². The van der Waals surface area contributed by atoms with Gasteiger partial charge in [-0.2, -0.15) is 0 Å². The standard InChI is InChI=1S/C15H25N3O3S.ClH/c1-11(2)10-14(16)15(19)17-8-9-18-22(20,21)13-6-4-12(3)5-7-13;/h4-7,11,14,18H,8-10,16H2,1-3H3,(H,17,19);1H/t14-;/m0./s1. The summed E-state index contributed by atoms with van der Waals surface area (Å²) in [6.45, 7) is 6.19. The van der Waals surface area contributed by atoms with Crippen molar-refractivity contribution in [1.82, 2.24) is 10.0 Å². The first-order valence-corrected chi connectivity index (χ1v) is 8.80. The van der Waals surface area contributed by atoms with E-state index >= 15 is 0 Å². The summed E-state index contributed by atoms with van der Waals surface area (Å²) in [5.41, 5.74) is 6.73. The smallest absolute Gasteiger partial charge is 0.240 e. The van der Waals surface area contributed by atoms with E-state index in [1.54, 1.807) is 24.3 Å². The molecule has 1 rings (SSSR count). The van der Waals surface area contributed by atoms with E-state index in [-0.39, 0.29) is 36.3 Å². The molecule has 23 heavy (non-hydrogen) atoms. The molecule has 4 N–H and O–H groups in total. The quantitative estimate of drug-likeness (QED) is 0.604. The fourth-order valence-electron chi connectivity index (χ4n) is 1.92. The first-order valence-electron chi connectivity index (χ1n) is 7.32. The molecule has 1 aromatic carbocycles. The fraction of sp³-hybridized carbons (Fsp3) is 0.533. The zero-order valence-electron chi connectivity index (χ0n) is 13.7. The maximum Gasteiger partial charge on any atom is 0.240 e. The van der Waals surface area contributed by atoms with Crippen LogP contribution in [0.4, 0.5) is 0 Å². The zero-order valence-corrected chi connectivity index (χ0v) is 15.3. The van der Waals surface area contributed by atoms with E-state index in [0.717, 1.165) is 5.56 Å². The number of rotatable bonds is 8. The largest absolute Gasteiger partial charge is 0.353 e. The minimum Gasteiger partial charge on any atom is -0.353 e. The number of carbonyl (C=O) groups is 1. The monoisotopic (exact) mass is 363 g/mol. The third kappa shape index (κ3) is 7.78. The molecule has 132 valence electrons. The Morgan fingerprint density at radius 1 is 1.17 bits per heavy atom. The van der Waals surface area contributed by atoms with E-state index in [2.05, 4.69) is 10.0 Å². The molecule has 0 saturated heterocycles. The first-order chi connectivity index (χ1) is 10.2. The fourth-order valence-corrected chi connectivity index (χ4v) is 2.95. The molecule has 0 aromatic heterocycles. The van der Waals surface area contributed by atoms with Crippen LogP contribution in [-0.2, 0) is 14.8 Å². The first kappa shape index (κ1) is 21.9. The van der Waals surface area contributed by atoms with Crippen LogP contribution in [0.5, 0.6) is 0 Å². The van der Waals surface area contributed by atoms with Gasteiger partial charge in [0.2, 0.25) is 15.9 Å². The highest BCUT2D eigenvalue weighted by molar-refractivity contribution is 7.89. The van der Waals surface area contributed by atoms with Crippen LogP contribution in [0.3, 0.4) is 0 Å². The number of halogens is 1. The molecule has 1 amide bonds. The molecule has 1 aromatic rings. The number of hydrogen-bond donors (Lipinski definition) is 3. The van der Waals surface area contributed by atoms with Crippen molar-refractivity contribution in [2.45, 2.75) is 38.1 Å². The summed E-state index contributed by atoms with van der Waals surface area (Å²) in [4.78, 5) is 11.9. The van der Waals surface area contributed by atoms with Gasteiger partial charge in [-0.3, -0.25) is 4.79 Å². The van der Waals surface area contributed by atoms with Crippen LogP contribution < -0.4 is 15.8 Å². The highest BCUT2D eigenvalue weighted by Crippen LogP contribution is 2.09. The second-order valence-electron chi connectivity index (χ2n) is 5.74. The molecule has 0 fully saturated rings. The van der Waals surface area contributed by atoms with E-state index in [1.807, 2.05) is 20.8 Å². The summed E-state index contributed by atoms with van der Waals surface area (Å²) < 4.78 is 26.5. The molecule has 0 aliphatic carbocycles. The second-order valence-corrected chi connectivity index (χ2v) is 7.50. The molecule has 0 aliphatic heterocycles. The zero-order chi connectivity index (χ0) is 16.8. The molecule has 0 spiro atoms. The summed E-state index contributed by atoms with van der Waals surface area (Å²) in [7, 11) is -3.55. The lowest BCUT2D eigenvalue weighted by Gasteiger charge is -2.14. The van der Waals surface area contributed by atoms with E-state index in [4.69, 9.17) is 5.73 Å². The van der Waals surface area contributed by atoms with Gasteiger partial charge in [-0.05, 0) is 31.4 Å². The van der Waals surface area contributed by atoms with Gasteiger partial charge >= 0.3 is 0 Å². The molecular weight excluding hydrogens is 338 g/mol. The number of amides is 1. The van der Waals surface area contributed by atoms with Gasteiger partial charge in [0.05, 0.1) is 10.9 Å². The lowest BCUT2D eigenvalue weighted by atomic mass is 10.0. The highest BCUT2D eigenvalue weighted by atomic mass is 35.5. The maximum absolute atomic E-state index is 12.0. The average molecular weight is 364 g/mol. The van der Waals surface area contributed by atoms with Crippen molar-refractivity contribution in [1.29, 1.82) is 0 Å². The van der Waals surface area contributed by atoms with Gasteiger partial charge in [0.1, 0.15) is 0 Å². The molecule has 8 heteroatoms. The lowest BCUT2D eigenvalue weighted by molar-refractivity contribution is -0.122. The number of hydrogen-bond acceptors (Lipinski definition) is 4. The van der Waals surface area contributed by atoms with Crippen LogP contribution in [0, 0.1) is 12.8 Å². The summed E-state index contributed by atoms with van der Waals surface area (Å²) in [5, 5.41) is 2.63. The number of nitrogens with two attached hydrogens (primary N) is 1. The van der Waals surface area contributed by atoms with Gasteiger partial charge in [-0.1, -0.05) is 31.5 Å². The van der Waals surface area contributed by atoms with Crippen LogP contribution in [0.25, 0.3) is 0 Å². The van der Waals surface area contributed by atoms with Gasteiger partial charge < -0.3 is 11.1 Å². The van der Waals surface area contributed by atoms with Gasteiger partial charge in [-0.15, -0.1) is 12.4 Å². The van der Waals surface area contributed by atoms with Crippen molar-refractivity contribution < 1.29 is 13.2 Å². The number of carbonyl (C=O) groups excluding carboxylic acids is 1. The van der Waals surface area contributed by atoms with Crippen molar-refractivity contribution in [2.24, 2.45) is 11.7 Å². The van der Waals surface area contributed by atoms with Crippen molar-refractivity contribution in [2.75, 3.05) is 13.1 Å². The Balaban J connectivity index is 0.00000484. The third-order valence-corrected chi connectivity index (χ3v) is 4.59. The lowest BCUT2D eigenvalue weighted by Crippen LogP contribution is -2.44. The predicted octanol–water partition coefficient (Wildman–Crippen LogP) is 1.18. The van der Waals surface area contributed by atoms with Crippen LogP contribution in [0.15, 0.2) is 29.2 Å². The number of sulfonamides is 1. The molecule has 6 nitrogen and oxygen atoms in total.